The second-order valence-corrected chi connectivity index (χ2v) is 6.67. The van der Waals surface area contributed by atoms with E-state index in [4.69, 9.17) is 0 Å². The topological polar surface area (TPSA) is 82.5 Å². The van der Waals surface area contributed by atoms with Gasteiger partial charge in [0, 0.05) is 31.8 Å². The number of β-amino-alcohol motifs (C(OH)–C–C–N with tert-alkyl or cyclic N) is 1. The number of nitrogens with one attached hydrogen (secondary N) is 1. The van der Waals surface area contributed by atoms with E-state index < -0.39 is 6.10 Å². The highest BCUT2D eigenvalue weighted by Crippen LogP contribution is 2.23. The van der Waals surface area contributed by atoms with E-state index in [1.165, 1.54) is 18.7 Å². The van der Waals surface area contributed by atoms with Gasteiger partial charge >= 0.3 is 0 Å². The molecule has 1 fully saturated rings. The molecule has 1 aliphatic heterocycles. The molecule has 2 heterocycles. The number of piperidine rings is 1. The Balaban J connectivity index is 1.63. The number of hydrogen-bond donors (Lipinski definition) is 2. The van der Waals surface area contributed by atoms with Crippen LogP contribution in [0.2, 0.25) is 0 Å². The van der Waals surface area contributed by atoms with Gasteiger partial charge in [-0.05, 0) is 36.5 Å². The van der Waals surface area contributed by atoms with Gasteiger partial charge in [0.1, 0.15) is 5.82 Å². The Morgan fingerprint density at radius 2 is 2.04 bits per heavy atom. The summed E-state index contributed by atoms with van der Waals surface area (Å²) >= 11 is 0. The summed E-state index contributed by atoms with van der Waals surface area (Å²) in [6.45, 7) is 2.31. The largest absolute Gasteiger partial charge is 0.391 e. The summed E-state index contributed by atoms with van der Waals surface area (Å²) in [4.78, 5) is 29.6. The van der Waals surface area contributed by atoms with Crippen LogP contribution in [0.5, 0.6) is 0 Å². The maximum atomic E-state index is 12.7. The van der Waals surface area contributed by atoms with Gasteiger partial charge in [-0.2, -0.15) is 0 Å². The van der Waals surface area contributed by atoms with Crippen molar-refractivity contribution in [2.24, 2.45) is 5.92 Å². The molecule has 1 aromatic heterocycles. The fourth-order valence-corrected chi connectivity index (χ4v) is 3.31. The minimum atomic E-state index is -0.551. The number of rotatable bonds is 4. The normalized spacial score (nSPS) is 19.8. The van der Waals surface area contributed by atoms with Crippen molar-refractivity contribution in [1.29, 1.82) is 0 Å². The minimum absolute atomic E-state index is 0.147. The number of pyridine rings is 1. The first-order valence-electron chi connectivity index (χ1n) is 8.78. The lowest BCUT2D eigenvalue weighted by molar-refractivity contribution is -0.114. The number of hydrogen-bond acceptors (Lipinski definition) is 4. The van der Waals surface area contributed by atoms with Crippen molar-refractivity contribution in [2.75, 3.05) is 18.4 Å². The van der Waals surface area contributed by atoms with Gasteiger partial charge < -0.3 is 15.3 Å². The van der Waals surface area contributed by atoms with E-state index in [0.29, 0.717) is 24.5 Å². The van der Waals surface area contributed by atoms with E-state index in [0.717, 1.165) is 12.8 Å². The first-order valence-corrected chi connectivity index (χ1v) is 8.78. The third-order valence-electron chi connectivity index (χ3n) is 4.66. The molecule has 1 aliphatic rings. The van der Waals surface area contributed by atoms with Gasteiger partial charge in [-0.3, -0.25) is 9.59 Å². The summed E-state index contributed by atoms with van der Waals surface area (Å²) in [5.41, 5.74) is 1.66. The van der Waals surface area contributed by atoms with Crippen molar-refractivity contribution < 1.29 is 14.7 Å². The lowest BCUT2D eigenvalue weighted by Gasteiger charge is -2.36. The fraction of sp³-hybridized carbons (Fsp3) is 0.350. The second-order valence-electron chi connectivity index (χ2n) is 6.67. The summed E-state index contributed by atoms with van der Waals surface area (Å²) in [6, 6.07) is 13.3. The molecule has 1 saturated heterocycles. The molecule has 2 aromatic rings. The Hall–Kier alpha value is -2.73. The molecule has 2 amide bonds. The van der Waals surface area contributed by atoms with Crippen LogP contribution in [0.25, 0.3) is 0 Å². The summed E-state index contributed by atoms with van der Waals surface area (Å²) in [6.07, 6.45) is 2.51. The van der Waals surface area contributed by atoms with Gasteiger partial charge in [0.25, 0.3) is 5.91 Å². The van der Waals surface area contributed by atoms with Crippen LogP contribution in [-0.2, 0) is 11.2 Å². The van der Waals surface area contributed by atoms with Gasteiger partial charge in [0.2, 0.25) is 5.91 Å². The van der Waals surface area contributed by atoms with Crippen LogP contribution in [0.4, 0.5) is 5.82 Å². The zero-order chi connectivity index (χ0) is 18.5. The van der Waals surface area contributed by atoms with Crippen LogP contribution in [0.1, 0.15) is 29.3 Å². The average molecular weight is 353 g/mol. The van der Waals surface area contributed by atoms with Crippen LogP contribution in [0.15, 0.2) is 48.7 Å². The smallest absolute Gasteiger partial charge is 0.254 e. The monoisotopic (exact) mass is 353 g/mol. The SMILES string of the molecule is CC(=O)Nc1cc(C(=O)N2CC[C@H](Cc3ccccc3)[C@@H](O)C2)ccn1. The zero-order valence-corrected chi connectivity index (χ0v) is 14.8. The number of carbonyl (C=O) groups excluding carboxylic acids is 2. The highest BCUT2D eigenvalue weighted by molar-refractivity contribution is 5.96. The number of nitrogens with zero attached hydrogens (tertiary/aromatic N) is 2. The Labute approximate surface area is 152 Å². The Kier molecular flexibility index (Phi) is 5.63. The van der Waals surface area contributed by atoms with Gasteiger partial charge in [0.05, 0.1) is 6.10 Å². The van der Waals surface area contributed by atoms with Crippen LogP contribution >= 0.6 is 0 Å². The number of benzene rings is 1. The van der Waals surface area contributed by atoms with E-state index in [1.807, 2.05) is 18.2 Å². The number of amides is 2. The molecule has 0 aliphatic carbocycles. The molecule has 136 valence electrons. The predicted octanol–water partition coefficient (Wildman–Crippen LogP) is 2.11. The number of anilines is 1. The van der Waals surface area contributed by atoms with E-state index in [-0.39, 0.29) is 17.7 Å². The number of aromatic nitrogens is 1. The highest BCUT2D eigenvalue weighted by atomic mass is 16.3. The van der Waals surface area contributed by atoms with Crippen LogP contribution in [0, 0.1) is 5.92 Å². The second kappa shape index (κ2) is 8.10. The van der Waals surface area contributed by atoms with E-state index >= 15 is 0 Å². The summed E-state index contributed by atoms with van der Waals surface area (Å²) in [5, 5.41) is 13.1. The molecule has 6 nitrogen and oxygen atoms in total. The quantitative estimate of drug-likeness (QED) is 0.882. The molecule has 0 unspecified atom stereocenters. The Bertz CT molecular complexity index is 779. The van der Waals surface area contributed by atoms with Gasteiger partial charge in [0.15, 0.2) is 0 Å². The van der Waals surface area contributed by atoms with Gasteiger partial charge in [-0.25, -0.2) is 4.98 Å². The predicted molar refractivity (Wildman–Crippen MR) is 98.7 cm³/mol. The fourth-order valence-electron chi connectivity index (χ4n) is 3.31. The van der Waals surface area contributed by atoms with Crippen LogP contribution in [0.3, 0.4) is 0 Å². The molecule has 0 saturated carbocycles. The third kappa shape index (κ3) is 4.46. The van der Waals surface area contributed by atoms with Gasteiger partial charge in [-0.15, -0.1) is 0 Å². The number of likely N-dealkylation sites (tertiary alicyclic amines) is 1. The highest BCUT2D eigenvalue weighted by Gasteiger charge is 2.30. The molecule has 0 spiro atoms. The Morgan fingerprint density at radius 3 is 2.73 bits per heavy atom. The molecule has 1 aromatic carbocycles. The summed E-state index contributed by atoms with van der Waals surface area (Å²) < 4.78 is 0. The molecule has 0 bridgehead atoms. The van der Waals surface area contributed by atoms with E-state index in [9.17, 15) is 14.7 Å². The van der Waals surface area contributed by atoms with Gasteiger partial charge in [-0.1, -0.05) is 30.3 Å². The van der Waals surface area contributed by atoms with Crippen LogP contribution < -0.4 is 5.32 Å². The number of aliphatic hydroxyl groups is 1. The third-order valence-corrected chi connectivity index (χ3v) is 4.66. The standard InChI is InChI=1S/C20H23N3O3/c1-14(24)22-19-12-17(7-9-21-19)20(26)23-10-8-16(18(25)13-23)11-15-5-3-2-4-6-15/h2-7,9,12,16,18,25H,8,10-11,13H2,1H3,(H,21,22,24)/t16-,18+/m1/s1. The van der Waals surface area contributed by atoms with Crippen molar-refractivity contribution in [3.63, 3.8) is 0 Å². The van der Waals surface area contributed by atoms with E-state index in [2.05, 4.69) is 22.4 Å². The first-order chi connectivity index (χ1) is 12.5. The molecule has 26 heavy (non-hydrogen) atoms. The molecule has 2 atom stereocenters. The maximum Gasteiger partial charge on any atom is 0.254 e. The molecule has 6 heteroatoms. The summed E-state index contributed by atoms with van der Waals surface area (Å²) in [5.74, 6) is 0.104. The number of carbonyl (C=O) groups is 2. The lowest BCUT2D eigenvalue weighted by Crippen LogP contribution is -2.47. The van der Waals surface area contributed by atoms with Crippen molar-refractivity contribution >= 4 is 17.6 Å². The van der Waals surface area contributed by atoms with Crippen molar-refractivity contribution in [3.05, 3.63) is 59.8 Å². The maximum absolute atomic E-state index is 12.7. The zero-order valence-electron chi connectivity index (χ0n) is 14.8. The molecule has 0 radical (unpaired) electrons. The summed E-state index contributed by atoms with van der Waals surface area (Å²) in [7, 11) is 0. The molecule has 3 rings (SSSR count). The Morgan fingerprint density at radius 1 is 1.27 bits per heavy atom. The first kappa shape index (κ1) is 18.1. The molecular formula is C20H23N3O3. The average Bonchev–Trinajstić information content (AvgIpc) is 2.63. The van der Waals surface area contributed by atoms with Crippen molar-refractivity contribution in [1.82, 2.24) is 9.88 Å². The minimum Gasteiger partial charge on any atom is -0.391 e. The molecule has 2 N–H and O–H groups in total. The molecular weight excluding hydrogens is 330 g/mol. The van der Waals surface area contributed by atoms with E-state index in [1.54, 1.807) is 17.0 Å². The van der Waals surface area contributed by atoms with Crippen molar-refractivity contribution in [2.45, 2.75) is 25.9 Å². The van der Waals surface area contributed by atoms with Crippen LogP contribution in [-0.4, -0.2) is 46.0 Å². The number of aliphatic hydroxyl groups excluding tert-OH is 1. The lowest BCUT2D eigenvalue weighted by atomic mass is 9.87. The van der Waals surface area contributed by atoms with Crippen molar-refractivity contribution in [3.8, 4) is 0 Å².